The molecule has 1 aromatic carbocycles. The fourth-order valence-corrected chi connectivity index (χ4v) is 5.24. The third-order valence-corrected chi connectivity index (χ3v) is 6.86. The Morgan fingerprint density at radius 1 is 1.27 bits per heavy atom. The number of likely N-dealkylation sites (tertiary alicyclic amines) is 1. The number of hydrogen-bond acceptors (Lipinski definition) is 5. The summed E-state index contributed by atoms with van der Waals surface area (Å²) in [5.41, 5.74) is -0.129. The van der Waals surface area contributed by atoms with E-state index in [0.29, 0.717) is 6.42 Å². The van der Waals surface area contributed by atoms with Gasteiger partial charge in [-0.05, 0) is 18.9 Å². The van der Waals surface area contributed by atoms with Gasteiger partial charge in [0.15, 0.2) is 9.84 Å². The van der Waals surface area contributed by atoms with Gasteiger partial charge >= 0.3 is 0 Å². The zero-order valence-corrected chi connectivity index (χ0v) is 15.4. The van der Waals surface area contributed by atoms with Crippen molar-refractivity contribution in [1.82, 2.24) is 10.2 Å². The Kier molecular flexibility index (Phi) is 4.88. The van der Waals surface area contributed by atoms with E-state index < -0.39 is 15.3 Å². The fraction of sp³-hybridized carbons (Fsp3) is 0.500. The number of carbonyl (C=O) groups excluding carboxylic acids is 3. The summed E-state index contributed by atoms with van der Waals surface area (Å²) >= 11 is 0. The molecule has 140 valence electrons. The van der Waals surface area contributed by atoms with Crippen molar-refractivity contribution < 1.29 is 22.8 Å². The molecule has 0 spiro atoms. The lowest BCUT2D eigenvalue weighted by Gasteiger charge is -2.22. The van der Waals surface area contributed by atoms with Crippen LogP contribution in [0.25, 0.3) is 0 Å². The highest BCUT2D eigenvalue weighted by atomic mass is 32.2. The Hall–Kier alpha value is -2.22. The van der Waals surface area contributed by atoms with Crippen LogP contribution in [0.3, 0.4) is 0 Å². The van der Waals surface area contributed by atoms with Crippen LogP contribution >= 0.6 is 0 Å². The van der Waals surface area contributed by atoms with Crippen LogP contribution in [0.4, 0.5) is 0 Å². The summed E-state index contributed by atoms with van der Waals surface area (Å²) in [6.07, 6.45) is 0.457. The standard InChI is InChI=1S/C18H22N2O5S/c1-18(13-5-3-2-4-6-13)11-16(22)20(17(18)23)9-7-15(21)19-14-8-10-26(24,25)12-14/h2-6,14H,7-12H2,1H3,(H,19,21)/t14-,18-/m0/s1. The van der Waals surface area contributed by atoms with Gasteiger partial charge < -0.3 is 5.32 Å². The van der Waals surface area contributed by atoms with Crippen LogP contribution in [0.2, 0.25) is 0 Å². The van der Waals surface area contributed by atoms with Crippen LogP contribution in [0.5, 0.6) is 0 Å². The van der Waals surface area contributed by atoms with Crippen molar-refractivity contribution in [2.24, 2.45) is 0 Å². The van der Waals surface area contributed by atoms with Crippen molar-refractivity contribution in [3.8, 4) is 0 Å². The molecule has 0 unspecified atom stereocenters. The second kappa shape index (κ2) is 6.83. The Balaban J connectivity index is 1.59. The number of nitrogens with zero attached hydrogens (tertiary/aromatic N) is 1. The highest BCUT2D eigenvalue weighted by molar-refractivity contribution is 7.91. The summed E-state index contributed by atoms with van der Waals surface area (Å²) in [4.78, 5) is 38.3. The number of hydrogen-bond donors (Lipinski definition) is 1. The second-order valence-electron chi connectivity index (χ2n) is 7.14. The maximum Gasteiger partial charge on any atom is 0.240 e. The van der Waals surface area contributed by atoms with Crippen LogP contribution < -0.4 is 5.32 Å². The third-order valence-electron chi connectivity index (χ3n) is 5.09. The van der Waals surface area contributed by atoms with Gasteiger partial charge in [-0.25, -0.2) is 8.42 Å². The lowest BCUT2D eigenvalue weighted by atomic mass is 9.81. The maximum absolute atomic E-state index is 12.8. The second-order valence-corrected chi connectivity index (χ2v) is 9.37. The lowest BCUT2D eigenvalue weighted by Crippen LogP contribution is -2.41. The van der Waals surface area contributed by atoms with E-state index in [1.54, 1.807) is 6.92 Å². The van der Waals surface area contributed by atoms with E-state index >= 15 is 0 Å². The zero-order chi connectivity index (χ0) is 18.9. The summed E-state index contributed by atoms with van der Waals surface area (Å²) in [5.74, 6) is -0.911. The molecule has 0 saturated carbocycles. The van der Waals surface area contributed by atoms with E-state index in [1.807, 2.05) is 30.3 Å². The molecule has 0 bridgehead atoms. The molecule has 7 nitrogen and oxygen atoms in total. The molecule has 2 fully saturated rings. The monoisotopic (exact) mass is 378 g/mol. The highest BCUT2D eigenvalue weighted by Crippen LogP contribution is 2.36. The minimum Gasteiger partial charge on any atom is -0.352 e. The summed E-state index contributed by atoms with van der Waals surface area (Å²) in [5, 5.41) is 2.67. The van der Waals surface area contributed by atoms with Gasteiger partial charge in [0.2, 0.25) is 17.7 Å². The maximum atomic E-state index is 12.8. The summed E-state index contributed by atoms with van der Waals surface area (Å²) in [7, 11) is -3.07. The number of nitrogens with one attached hydrogen (secondary N) is 1. The van der Waals surface area contributed by atoms with Gasteiger partial charge in [0.25, 0.3) is 0 Å². The zero-order valence-electron chi connectivity index (χ0n) is 14.6. The molecule has 1 N–H and O–H groups in total. The fourth-order valence-electron chi connectivity index (χ4n) is 3.56. The topological polar surface area (TPSA) is 101 Å². The average Bonchev–Trinajstić information content (AvgIpc) is 3.04. The Morgan fingerprint density at radius 2 is 1.96 bits per heavy atom. The van der Waals surface area contributed by atoms with Crippen molar-refractivity contribution in [3.05, 3.63) is 35.9 Å². The third kappa shape index (κ3) is 3.65. The molecule has 2 aliphatic heterocycles. The van der Waals surface area contributed by atoms with Gasteiger partial charge in [-0.3, -0.25) is 19.3 Å². The molecule has 3 rings (SSSR count). The van der Waals surface area contributed by atoms with Gasteiger partial charge in [-0.1, -0.05) is 30.3 Å². The number of amides is 3. The number of imide groups is 1. The number of rotatable bonds is 5. The van der Waals surface area contributed by atoms with Crippen LogP contribution in [0.15, 0.2) is 30.3 Å². The molecular weight excluding hydrogens is 356 g/mol. The number of sulfone groups is 1. The summed E-state index contributed by atoms with van der Waals surface area (Å²) < 4.78 is 22.9. The van der Waals surface area contributed by atoms with Gasteiger partial charge in [0, 0.05) is 25.4 Å². The minimum atomic E-state index is -3.07. The minimum absolute atomic E-state index is 0.00535. The van der Waals surface area contributed by atoms with Crippen molar-refractivity contribution in [2.75, 3.05) is 18.1 Å². The van der Waals surface area contributed by atoms with E-state index in [9.17, 15) is 22.8 Å². The van der Waals surface area contributed by atoms with E-state index in [2.05, 4.69) is 5.32 Å². The first-order valence-corrected chi connectivity index (χ1v) is 10.4. The molecule has 2 aliphatic rings. The van der Waals surface area contributed by atoms with Crippen molar-refractivity contribution in [2.45, 2.75) is 37.6 Å². The number of benzene rings is 1. The molecule has 2 atom stereocenters. The van der Waals surface area contributed by atoms with Crippen LogP contribution in [0, 0.1) is 0 Å². The molecule has 8 heteroatoms. The highest BCUT2D eigenvalue weighted by Gasteiger charge is 2.49. The number of carbonyl (C=O) groups is 3. The normalized spacial score (nSPS) is 27.7. The molecule has 0 aliphatic carbocycles. The molecule has 26 heavy (non-hydrogen) atoms. The van der Waals surface area contributed by atoms with Crippen LogP contribution in [-0.2, 0) is 29.6 Å². The average molecular weight is 378 g/mol. The predicted octanol–water partition coefficient (Wildman–Crippen LogP) is 0.397. The first-order valence-electron chi connectivity index (χ1n) is 8.61. The van der Waals surface area contributed by atoms with E-state index in [1.165, 1.54) is 0 Å². The van der Waals surface area contributed by atoms with E-state index in [4.69, 9.17) is 0 Å². The Labute approximate surface area is 152 Å². The van der Waals surface area contributed by atoms with Gasteiger partial charge in [-0.15, -0.1) is 0 Å². The van der Waals surface area contributed by atoms with Gasteiger partial charge in [0.05, 0.1) is 16.9 Å². The van der Waals surface area contributed by atoms with Crippen LogP contribution in [-0.4, -0.2) is 55.1 Å². The van der Waals surface area contributed by atoms with Crippen LogP contribution in [0.1, 0.15) is 31.7 Å². The van der Waals surface area contributed by atoms with Crippen molar-refractivity contribution >= 4 is 27.6 Å². The first kappa shape index (κ1) is 18.6. The molecule has 0 aromatic heterocycles. The molecular formula is C18H22N2O5S. The quantitative estimate of drug-likeness (QED) is 0.748. The largest absolute Gasteiger partial charge is 0.352 e. The molecule has 1 aromatic rings. The lowest BCUT2D eigenvalue weighted by molar-refractivity contribution is -0.140. The van der Waals surface area contributed by atoms with E-state index in [0.717, 1.165) is 10.5 Å². The molecule has 0 radical (unpaired) electrons. The van der Waals surface area contributed by atoms with Gasteiger partial charge in [-0.2, -0.15) is 0 Å². The summed E-state index contributed by atoms with van der Waals surface area (Å²) in [6.45, 7) is 1.75. The Morgan fingerprint density at radius 3 is 2.58 bits per heavy atom. The Bertz CT molecular complexity index is 836. The predicted molar refractivity (Wildman–Crippen MR) is 94.9 cm³/mol. The molecule has 2 heterocycles. The van der Waals surface area contributed by atoms with E-state index in [-0.39, 0.29) is 54.7 Å². The molecule has 2 saturated heterocycles. The van der Waals surface area contributed by atoms with Crippen molar-refractivity contribution in [1.29, 1.82) is 0 Å². The van der Waals surface area contributed by atoms with Crippen molar-refractivity contribution in [3.63, 3.8) is 0 Å². The molecule has 3 amide bonds. The summed E-state index contributed by atoms with van der Waals surface area (Å²) in [6, 6.07) is 8.75. The smallest absolute Gasteiger partial charge is 0.240 e. The first-order chi connectivity index (χ1) is 12.2. The SMILES string of the molecule is C[C@@]1(c2ccccc2)CC(=O)N(CCC(=O)N[C@H]2CCS(=O)(=O)C2)C1=O. The van der Waals surface area contributed by atoms with Gasteiger partial charge in [0.1, 0.15) is 0 Å².